The predicted octanol–water partition coefficient (Wildman–Crippen LogP) is 4.22. The summed E-state index contributed by atoms with van der Waals surface area (Å²) in [6.45, 7) is 3.40. The van der Waals surface area contributed by atoms with Crippen LogP contribution in [0, 0.1) is 0 Å². The molecule has 0 unspecified atom stereocenters. The summed E-state index contributed by atoms with van der Waals surface area (Å²) in [6, 6.07) is 19.1. The number of furan rings is 1. The first-order valence-electron chi connectivity index (χ1n) is 11.8. The molecule has 0 radical (unpaired) electrons. The van der Waals surface area contributed by atoms with Gasteiger partial charge in [-0.25, -0.2) is 14.6 Å². The van der Waals surface area contributed by atoms with Gasteiger partial charge in [0.2, 0.25) is 0 Å². The summed E-state index contributed by atoms with van der Waals surface area (Å²) in [5.74, 6) is 1.37. The first-order chi connectivity index (χ1) is 17.7. The zero-order valence-electron chi connectivity index (χ0n) is 19.5. The SMILES string of the molecule is O=C(Nc1ccc(N2CCOCC2)nc1)c1cc(-c2ccccc2)nc2c1cnn2Cc1ccco1. The van der Waals surface area contributed by atoms with E-state index in [0.29, 0.717) is 47.7 Å². The van der Waals surface area contributed by atoms with Crippen molar-refractivity contribution in [2.75, 3.05) is 36.5 Å². The van der Waals surface area contributed by atoms with E-state index in [1.54, 1.807) is 29.4 Å². The number of pyridine rings is 2. The minimum Gasteiger partial charge on any atom is -0.467 e. The fourth-order valence-corrected chi connectivity index (χ4v) is 4.30. The molecule has 1 N–H and O–H groups in total. The zero-order chi connectivity index (χ0) is 24.3. The number of carbonyl (C=O) groups excluding carboxylic acids is 1. The molecule has 1 saturated heterocycles. The molecule has 1 fully saturated rings. The number of fused-ring (bicyclic) bond motifs is 1. The van der Waals surface area contributed by atoms with Gasteiger partial charge < -0.3 is 19.4 Å². The molecule has 0 aliphatic carbocycles. The van der Waals surface area contributed by atoms with E-state index in [0.717, 1.165) is 30.2 Å². The molecule has 0 saturated carbocycles. The molecule has 1 aromatic carbocycles. The maximum absolute atomic E-state index is 13.5. The number of hydrogen-bond donors (Lipinski definition) is 1. The largest absolute Gasteiger partial charge is 0.467 e. The Kier molecular flexibility index (Phi) is 5.88. The van der Waals surface area contributed by atoms with Crippen molar-refractivity contribution >= 4 is 28.4 Å². The van der Waals surface area contributed by atoms with E-state index in [4.69, 9.17) is 14.1 Å². The van der Waals surface area contributed by atoms with Gasteiger partial charge in [-0.1, -0.05) is 30.3 Å². The normalized spacial score (nSPS) is 13.7. The van der Waals surface area contributed by atoms with E-state index < -0.39 is 0 Å². The quantitative estimate of drug-likeness (QED) is 0.388. The third-order valence-electron chi connectivity index (χ3n) is 6.15. The molecule has 4 aromatic heterocycles. The highest BCUT2D eigenvalue weighted by molar-refractivity contribution is 6.12. The fraction of sp³-hybridized carbons (Fsp3) is 0.185. The first-order valence-corrected chi connectivity index (χ1v) is 11.8. The van der Waals surface area contributed by atoms with Crippen LogP contribution in [0.3, 0.4) is 0 Å². The zero-order valence-corrected chi connectivity index (χ0v) is 19.5. The molecule has 1 aliphatic heterocycles. The van der Waals surface area contributed by atoms with E-state index in [-0.39, 0.29) is 5.91 Å². The molecule has 180 valence electrons. The Morgan fingerprint density at radius 2 is 1.86 bits per heavy atom. The predicted molar refractivity (Wildman–Crippen MR) is 136 cm³/mol. The second-order valence-electron chi connectivity index (χ2n) is 8.50. The van der Waals surface area contributed by atoms with Crippen molar-refractivity contribution in [3.8, 4) is 11.3 Å². The highest BCUT2D eigenvalue weighted by Crippen LogP contribution is 2.26. The number of anilines is 2. The number of rotatable bonds is 6. The smallest absolute Gasteiger partial charge is 0.256 e. The van der Waals surface area contributed by atoms with Crippen LogP contribution in [0.25, 0.3) is 22.3 Å². The Labute approximate surface area is 207 Å². The van der Waals surface area contributed by atoms with Crippen LogP contribution in [0.15, 0.2) is 83.7 Å². The number of nitrogens with zero attached hydrogens (tertiary/aromatic N) is 5. The molecular formula is C27H24N6O3. The average molecular weight is 481 g/mol. The van der Waals surface area contributed by atoms with Crippen molar-refractivity contribution in [2.24, 2.45) is 0 Å². The standard InChI is InChI=1S/C27H24N6O3/c34-27(30-20-8-9-25(28-16-20)32-10-13-35-14-11-32)22-15-24(19-5-2-1-3-6-19)31-26-23(22)17-29-33(26)18-21-7-4-12-36-21/h1-9,12,15-17H,10-11,13-14,18H2,(H,30,34). The van der Waals surface area contributed by atoms with Crippen LogP contribution in [0.5, 0.6) is 0 Å². The lowest BCUT2D eigenvalue weighted by Crippen LogP contribution is -2.36. The van der Waals surface area contributed by atoms with Gasteiger partial charge in [0, 0.05) is 18.7 Å². The maximum Gasteiger partial charge on any atom is 0.256 e. The van der Waals surface area contributed by atoms with Gasteiger partial charge in [0.25, 0.3) is 5.91 Å². The Morgan fingerprint density at radius 3 is 2.61 bits per heavy atom. The fourth-order valence-electron chi connectivity index (χ4n) is 4.30. The van der Waals surface area contributed by atoms with Crippen LogP contribution in [0.2, 0.25) is 0 Å². The summed E-state index contributed by atoms with van der Waals surface area (Å²) in [4.78, 5) is 25.0. The van der Waals surface area contributed by atoms with Crippen LogP contribution in [-0.2, 0) is 11.3 Å². The van der Waals surface area contributed by atoms with Crippen molar-refractivity contribution in [1.82, 2.24) is 19.7 Å². The molecule has 5 heterocycles. The Hall–Kier alpha value is -4.50. The van der Waals surface area contributed by atoms with Crippen molar-refractivity contribution in [3.05, 3.63) is 90.6 Å². The minimum atomic E-state index is -0.252. The molecule has 9 nitrogen and oxygen atoms in total. The second-order valence-corrected chi connectivity index (χ2v) is 8.50. The molecule has 36 heavy (non-hydrogen) atoms. The molecule has 1 aliphatic rings. The average Bonchev–Trinajstić information content (AvgIpc) is 3.60. The number of carbonyl (C=O) groups is 1. The van der Waals surface area contributed by atoms with Gasteiger partial charge in [-0.05, 0) is 30.3 Å². The number of benzene rings is 1. The van der Waals surface area contributed by atoms with Crippen LogP contribution in [0.1, 0.15) is 16.1 Å². The molecule has 6 rings (SSSR count). The Balaban J connectivity index is 1.33. The molecule has 9 heteroatoms. The minimum absolute atomic E-state index is 0.252. The summed E-state index contributed by atoms with van der Waals surface area (Å²) in [6.07, 6.45) is 4.98. The van der Waals surface area contributed by atoms with Crippen molar-refractivity contribution in [3.63, 3.8) is 0 Å². The molecule has 1 amide bonds. The molecule has 5 aromatic rings. The molecular weight excluding hydrogens is 456 g/mol. The molecule has 0 atom stereocenters. The maximum atomic E-state index is 13.5. The lowest BCUT2D eigenvalue weighted by atomic mass is 10.1. The molecule has 0 spiro atoms. The van der Waals surface area contributed by atoms with Gasteiger partial charge in [-0.15, -0.1) is 0 Å². The van der Waals surface area contributed by atoms with Gasteiger partial charge in [0.05, 0.1) is 54.2 Å². The summed E-state index contributed by atoms with van der Waals surface area (Å²) >= 11 is 0. The van der Waals surface area contributed by atoms with Crippen LogP contribution in [0.4, 0.5) is 11.5 Å². The van der Waals surface area contributed by atoms with Crippen LogP contribution >= 0.6 is 0 Å². The highest BCUT2D eigenvalue weighted by atomic mass is 16.5. The van der Waals surface area contributed by atoms with Gasteiger partial charge >= 0.3 is 0 Å². The van der Waals surface area contributed by atoms with Gasteiger partial charge in [0.1, 0.15) is 18.1 Å². The third kappa shape index (κ3) is 4.44. The van der Waals surface area contributed by atoms with Crippen molar-refractivity contribution < 1.29 is 13.9 Å². The van der Waals surface area contributed by atoms with E-state index in [9.17, 15) is 4.79 Å². The molecule has 0 bridgehead atoms. The summed E-state index contributed by atoms with van der Waals surface area (Å²) in [5.41, 5.74) is 3.32. The number of morpholine rings is 1. The van der Waals surface area contributed by atoms with Gasteiger partial charge in [0.15, 0.2) is 5.65 Å². The van der Waals surface area contributed by atoms with Crippen molar-refractivity contribution in [1.29, 1.82) is 0 Å². The first kappa shape index (κ1) is 22.0. The number of nitrogens with one attached hydrogen (secondary N) is 1. The third-order valence-corrected chi connectivity index (χ3v) is 6.15. The van der Waals surface area contributed by atoms with Gasteiger partial charge in [-0.2, -0.15) is 5.10 Å². The Morgan fingerprint density at radius 1 is 1.00 bits per heavy atom. The van der Waals surface area contributed by atoms with E-state index in [1.807, 2.05) is 54.6 Å². The number of ether oxygens (including phenoxy) is 1. The lowest BCUT2D eigenvalue weighted by Gasteiger charge is -2.27. The summed E-state index contributed by atoms with van der Waals surface area (Å²) in [5, 5.41) is 8.15. The Bertz CT molecular complexity index is 1470. The van der Waals surface area contributed by atoms with Gasteiger partial charge in [-0.3, -0.25) is 4.79 Å². The highest BCUT2D eigenvalue weighted by Gasteiger charge is 2.19. The number of amides is 1. The lowest BCUT2D eigenvalue weighted by molar-refractivity contribution is 0.102. The van der Waals surface area contributed by atoms with E-state index in [1.165, 1.54) is 0 Å². The summed E-state index contributed by atoms with van der Waals surface area (Å²) in [7, 11) is 0. The second kappa shape index (κ2) is 9.63. The monoisotopic (exact) mass is 480 g/mol. The van der Waals surface area contributed by atoms with E-state index >= 15 is 0 Å². The number of aromatic nitrogens is 4. The summed E-state index contributed by atoms with van der Waals surface area (Å²) < 4.78 is 12.7. The van der Waals surface area contributed by atoms with Crippen LogP contribution in [-0.4, -0.2) is 52.0 Å². The van der Waals surface area contributed by atoms with E-state index in [2.05, 4.69) is 20.3 Å². The van der Waals surface area contributed by atoms with Crippen molar-refractivity contribution in [2.45, 2.75) is 6.54 Å². The topological polar surface area (TPSA) is 98.3 Å². The van der Waals surface area contributed by atoms with Crippen LogP contribution < -0.4 is 10.2 Å². The number of hydrogen-bond acceptors (Lipinski definition) is 7.